The van der Waals surface area contributed by atoms with Crippen molar-refractivity contribution in [2.75, 3.05) is 0 Å². The summed E-state index contributed by atoms with van der Waals surface area (Å²) in [6.45, 7) is 5.54. The first-order valence-corrected chi connectivity index (χ1v) is 9.78. The number of benzene rings is 1. The third-order valence-electron chi connectivity index (χ3n) is 4.66. The van der Waals surface area contributed by atoms with E-state index in [2.05, 4.69) is 15.3 Å². The van der Waals surface area contributed by atoms with Crippen LogP contribution in [0.2, 0.25) is 0 Å². The highest BCUT2D eigenvalue weighted by Crippen LogP contribution is 2.26. The van der Waals surface area contributed by atoms with Crippen LogP contribution in [0.5, 0.6) is 5.75 Å². The second kappa shape index (κ2) is 7.71. The van der Waals surface area contributed by atoms with Gasteiger partial charge in [-0.2, -0.15) is 0 Å². The zero-order valence-electron chi connectivity index (χ0n) is 17.4. The maximum Gasteiger partial charge on any atom is 0.419 e. The molecule has 4 aromatic rings. The molecule has 0 bridgehead atoms. The molecular formula is C23H22N4O4. The number of hydrogen-bond donors (Lipinski definition) is 2. The van der Waals surface area contributed by atoms with Gasteiger partial charge >= 0.3 is 6.09 Å². The normalized spacial score (nSPS) is 11.6. The summed E-state index contributed by atoms with van der Waals surface area (Å²) in [5.41, 5.74) is 0.973. The van der Waals surface area contributed by atoms with Gasteiger partial charge < -0.3 is 15.2 Å². The lowest BCUT2D eigenvalue weighted by Crippen LogP contribution is -2.27. The molecular weight excluding hydrogens is 396 g/mol. The van der Waals surface area contributed by atoms with E-state index in [4.69, 9.17) is 4.74 Å². The molecule has 3 heterocycles. The van der Waals surface area contributed by atoms with Crippen LogP contribution in [0.25, 0.3) is 21.8 Å². The van der Waals surface area contributed by atoms with Crippen LogP contribution >= 0.6 is 0 Å². The molecule has 2 N–H and O–H groups in total. The van der Waals surface area contributed by atoms with E-state index in [1.165, 1.54) is 17.0 Å². The van der Waals surface area contributed by atoms with Crippen LogP contribution in [0.3, 0.4) is 0 Å². The summed E-state index contributed by atoms with van der Waals surface area (Å²) in [6, 6.07) is 10.8. The second-order valence-electron chi connectivity index (χ2n) is 8.10. The Morgan fingerprint density at radius 3 is 2.68 bits per heavy atom. The SMILES string of the molecule is CC(C)(C)OC(=O)n1cc(CNC(=O)c2ncc3cccnc3c2O)c2ccccc21. The fraction of sp³-hybridized carbons (Fsp3) is 0.217. The van der Waals surface area contributed by atoms with Crippen molar-refractivity contribution in [2.24, 2.45) is 0 Å². The third-order valence-corrected chi connectivity index (χ3v) is 4.66. The number of carbonyl (C=O) groups excluding carboxylic acids is 2. The second-order valence-corrected chi connectivity index (χ2v) is 8.10. The van der Waals surface area contributed by atoms with Crippen molar-refractivity contribution < 1.29 is 19.4 Å². The van der Waals surface area contributed by atoms with E-state index in [1.54, 1.807) is 39.1 Å². The number of para-hydroxylation sites is 1. The molecule has 0 unspecified atom stereocenters. The summed E-state index contributed by atoms with van der Waals surface area (Å²) in [6.07, 6.45) is 4.18. The van der Waals surface area contributed by atoms with Gasteiger partial charge in [0.15, 0.2) is 11.4 Å². The molecule has 8 heteroatoms. The molecule has 0 saturated heterocycles. The summed E-state index contributed by atoms with van der Waals surface area (Å²) >= 11 is 0. The smallest absolute Gasteiger partial charge is 0.419 e. The predicted molar refractivity (Wildman–Crippen MR) is 116 cm³/mol. The lowest BCUT2D eigenvalue weighted by molar-refractivity contribution is 0.0544. The van der Waals surface area contributed by atoms with Gasteiger partial charge in [-0.05, 0) is 44.5 Å². The first kappa shape index (κ1) is 20.3. The molecule has 0 aliphatic heterocycles. The molecule has 0 radical (unpaired) electrons. The van der Waals surface area contributed by atoms with Crippen LogP contribution in [0.4, 0.5) is 4.79 Å². The summed E-state index contributed by atoms with van der Waals surface area (Å²) in [5.74, 6) is -0.814. The minimum absolute atomic E-state index is 0.109. The highest BCUT2D eigenvalue weighted by Gasteiger charge is 2.21. The van der Waals surface area contributed by atoms with Crippen LogP contribution in [-0.4, -0.2) is 37.2 Å². The van der Waals surface area contributed by atoms with E-state index < -0.39 is 17.6 Å². The van der Waals surface area contributed by atoms with Gasteiger partial charge in [0, 0.05) is 35.9 Å². The highest BCUT2D eigenvalue weighted by molar-refractivity contribution is 6.00. The predicted octanol–water partition coefficient (Wildman–Crippen LogP) is 4.00. The Morgan fingerprint density at radius 1 is 1.13 bits per heavy atom. The molecule has 0 aliphatic carbocycles. The lowest BCUT2D eigenvalue weighted by Gasteiger charge is -2.19. The number of rotatable bonds is 3. The quantitative estimate of drug-likeness (QED) is 0.521. The Kier molecular flexibility index (Phi) is 5.06. The first-order valence-electron chi connectivity index (χ1n) is 9.78. The van der Waals surface area contributed by atoms with Crippen molar-refractivity contribution in [3.63, 3.8) is 0 Å². The van der Waals surface area contributed by atoms with Crippen molar-refractivity contribution in [1.82, 2.24) is 19.9 Å². The fourth-order valence-electron chi connectivity index (χ4n) is 3.31. The lowest BCUT2D eigenvalue weighted by atomic mass is 10.1. The average Bonchev–Trinajstić information content (AvgIpc) is 3.10. The van der Waals surface area contributed by atoms with Gasteiger partial charge in [0.1, 0.15) is 11.1 Å². The minimum atomic E-state index is -0.635. The highest BCUT2D eigenvalue weighted by atomic mass is 16.6. The van der Waals surface area contributed by atoms with E-state index in [0.29, 0.717) is 16.4 Å². The van der Waals surface area contributed by atoms with Gasteiger partial charge in [0.05, 0.1) is 5.52 Å². The fourth-order valence-corrected chi connectivity index (χ4v) is 3.31. The zero-order chi connectivity index (χ0) is 22.2. The number of amides is 1. The minimum Gasteiger partial charge on any atom is -0.504 e. The van der Waals surface area contributed by atoms with Crippen molar-refractivity contribution >= 4 is 33.8 Å². The molecule has 1 aromatic carbocycles. The number of aromatic hydroxyl groups is 1. The van der Waals surface area contributed by atoms with Crippen LogP contribution in [0.1, 0.15) is 36.8 Å². The summed E-state index contributed by atoms with van der Waals surface area (Å²) in [7, 11) is 0. The van der Waals surface area contributed by atoms with E-state index in [1.807, 2.05) is 24.3 Å². The summed E-state index contributed by atoms with van der Waals surface area (Å²) in [4.78, 5) is 33.5. The first-order chi connectivity index (χ1) is 14.7. The topological polar surface area (TPSA) is 106 Å². The molecule has 4 rings (SSSR count). The number of fused-ring (bicyclic) bond motifs is 2. The Bertz CT molecular complexity index is 1300. The van der Waals surface area contributed by atoms with Gasteiger partial charge in [-0.3, -0.25) is 14.3 Å². The van der Waals surface area contributed by atoms with E-state index in [9.17, 15) is 14.7 Å². The van der Waals surface area contributed by atoms with Crippen molar-refractivity contribution in [3.8, 4) is 5.75 Å². The summed E-state index contributed by atoms with van der Waals surface area (Å²) in [5, 5.41) is 14.6. The van der Waals surface area contributed by atoms with Crippen LogP contribution < -0.4 is 5.32 Å². The maximum absolute atomic E-state index is 12.7. The largest absolute Gasteiger partial charge is 0.504 e. The number of carbonyl (C=O) groups is 2. The van der Waals surface area contributed by atoms with E-state index in [-0.39, 0.29) is 18.0 Å². The van der Waals surface area contributed by atoms with Crippen molar-refractivity contribution in [3.05, 3.63) is 66.2 Å². The van der Waals surface area contributed by atoms with Crippen molar-refractivity contribution in [1.29, 1.82) is 0 Å². The molecule has 0 saturated carbocycles. The third kappa shape index (κ3) is 4.05. The molecule has 8 nitrogen and oxygen atoms in total. The molecule has 3 aromatic heterocycles. The maximum atomic E-state index is 12.7. The number of ether oxygens (including phenoxy) is 1. The van der Waals surface area contributed by atoms with Gasteiger partial charge in [0.25, 0.3) is 5.91 Å². The Morgan fingerprint density at radius 2 is 1.90 bits per heavy atom. The molecule has 0 fully saturated rings. The van der Waals surface area contributed by atoms with Crippen LogP contribution in [0.15, 0.2) is 55.0 Å². The van der Waals surface area contributed by atoms with Gasteiger partial charge in [-0.15, -0.1) is 0 Å². The number of aromatic nitrogens is 3. The summed E-state index contributed by atoms with van der Waals surface area (Å²) < 4.78 is 6.91. The van der Waals surface area contributed by atoms with Gasteiger partial charge in [0.2, 0.25) is 0 Å². The van der Waals surface area contributed by atoms with Gasteiger partial charge in [-0.1, -0.05) is 18.2 Å². The Balaban J connectivity index is 1.60. The van der Waals surface area contributed by atoms with Crippen LogP contribution in [-0.2, 0) is 11.3 Å². The number of nitrogens with one attached hydrogen (secondary N) is 1. The number of nitrogens with zero attached hydrogens (tertiary/aromatic N) is 3. The average molecular weight is 418 g/mol. The van der Waals surface area contributed by atoms with Crippen molar-refractivity contribution in [2.45, 2.75) is 32.9 Å². The van der Waals surface area contributed by atoms with E-state index >= 15 is 0 Å². The monoisotopic (exact) mass is 418 g/mol. The zero-order valence-corrected chi connectivity index (χ0v) is 17.4. The Hall–Kier alpha value is -3.94. The molecule has 31 heavy (non-hydrogen) atoms. The number of hydrogen-bond acceptors (Lipinski definition) is 6. The molecule has 1 amide bonds. The standard InChI is InChI=1S/C23H22N4O4/c1-23(2,3)31-22(30)27-13-15(16-8-4-5-9-17(16)27)12-26-21(29)19-20(28)18-14(11-25-19)7-6-10-24-18/h4-11,13,28H,12H2,1-3H3,(H,26,29). The molecule has 0 aliphatic rings. The van der Waals surface area contributed by atoms with E-state index in [0.717, 1.165) is 10.9 Å². The molecule has 158 valence electrons. The Labute approximate surface area is 178 Å². The van der Waals surface area contributed by atoms with Crippen LogP contribution in [0, 0.1) is 0 Å². The molecule has 0 atom stereocenters. The number of pyridine rings is 2. The molecule has 0 spiro atoms. The van der Waals surface area contributed by atoms with Gasteiger partial charge in [-0.25, -0.2) is 9.78 Å².